The molecule has 0 rings (SSSR count). The van der Waals surface area contributed by atoms with Crippen molar-refractivity contribution in [2.24, 2.45) is 0 Å². The van der Waals surface area contributed by atoms with E-state index in [0.717, 1.165) is 154 Å². The molecule has 0 saturated heterocycles. The predicted octanol–water partition coefficient (Wildman–Crippen LogP) is 23.3. The van der Waals surface area contributed by atoms with Crippen molar-refractivity contribution in [3.8, 4) is 0 Å². The second-order valence-corrected chi connectivity index (χ2v) is 22.0. The lowest BCUT2D eigenvalue weighted by Gasteiger charge is -2.18. The average molecular weight is 1120 g/mol. The van der Waals surface area contributed by atoms with Gasteiger partial charge in [0.05, 0.1) is 0 Å². The van der Waals surface area contributed by atoms with E-state index in [1.165, 1.54) is 109 Å². The Morgan fingerprint density at radius 1 is 0.259 bits per heavy atom. The van der Waals surface area contributed by atoms with Crippen molar-refractivity contribution in [3.63, 3.8) is 0 Å². The highest BCUT2D eigenvalue weighted by atomic mass is 16.6. The molecule has 1 unspecified atom stereocenters. The first-order valence-corrected chi connectivity index (χ1v) is 33.7. The molecule has 0 spiro atoms. The highest BCUT2D eigenvalue weighted by Crippen LogP contribution is 2.16. The van der Waals surface area contributed by atoms with Gasteiger partial charge in [0, 0.05) is 19.3 Å². The summed E-state index contributed by atoms with van der Waals surface area (Å²) in [4.78, 5) is 38.2. The van der Waals surface area contributed by atoms with Gasteiger partial charge >= 0.3 is 17.9 Å². The maximum atomic E-state index is 12.9. The lowest BCUT2D eigenvalue weighted by molar-refractivity contribution is -0.167. The molecular weight excluding hydrogens is 997 g/mol. The summed E-state index contributed by atoms with van der Waals surface area (Å²) >= 11 is 0. The first-order valence-electron chi connectivity index (χ1n) is 33.7. The summed E-state index contributed by atoms with van der Waals surface area (Å²) in [5, 5.41) is 0. The Balaban J connectivity index is 4.27. The van der Waals surface area contributed by atoms with Crippen molar-refractivity contribution in [3.05, 3.63) is 134 Å². The quantitative estimate of drug-likeness (QED) is 0.0261. The molecule has 0 heterocycles. The Hall–Kier alpha value is -4.45. The van der Waals surface area contributed by atoms with E-state index < -0.39 is 6.10 Å². The number of hydrogen-bond donors (Lipinski definition) is 0. The zero-order chi connectivity index (χ0) is 58.5. The number of hydrogen-bond acceptors (Lipinski definition) is 6. The van der Waals surface area contributed by atoms with E-state index in [9.17, 15) is 14.4 Å². The van der Waals surface area contributed by atoms with Crippen molar-refractivity contribution in [2.45, 2.75) is 309 Å². The summed E-state index contributed by atoms with van der Waals surface area (Å²) in [6.07, 6.45) is 96.2. The first-order chi connectivity index (χ1) is 40.0. The maximum Gasteiger partial charge on any atom is 0.306 e. The molecule has 0 saturated carbocycles. The third kappa shape index (κ3) is 66.2. The molecular formula is C75H124O6. The van der Waals surface area contributed by atoms with Crippen LogP contribution in [0.4, 0.5) is 0 Å². The molecule has 0 aliphatic carbocycles. The first kappa shape index (κ1) is 76.5. The topological polar surface area (TPSA) is 78.9 Å². The minimum Gasteiger partial charge on any atom is -0.462 e. The molecule has 0 amide bonds. The number of carbonyl (C=O) groups excluding carboxylic acids is 3. The Bertz CT molecular complexity index is 1720. The fourth-order valence-corrected chi connectivity index (χ4v) is 9.12. The molecule has 0 aliphatic heterocycles. The van der Waals surface area contributed by atoms with Crippen molar-refractivity contribution in [2.75, 3.05) is 13.2 Å². The summed E-state index contributed by atoms with van der Waals surface area (Å²) in [5.74, 6) is -0.920. The largest absolute Gasteiger partial charge is 0.462 e. The van der Waals surface area contributed by atoms with E-state index in [2.05, 4.69) is 154 Å². The van der Waals surface area contributed by atoms with Crippen LogP contribution in [0, 0.1) is 0 Å². The molecule has 0 fully saturated rings. The molecule has 0 radical (unpaired) electrons. The van der Waals surface area contributed by atoms with E-state index in [0.29, 0.717) is 19.3 Å². The molecule has 0 aromatic rings. The van der Waals surface area contributed by atoms with Gasteiger partial charge in [-0.1, -0.05) is 302 Å². The van der Waals surface area contributed by atoms with Gasteiger partial charge in [-0.2, -0.15) is 0 Å². The number of carbonyl (C=O) groups is 3. The second kappa shape index (κ2) is 68.1. The minimum absolute atomic E-state index is 0.0907. The Kier molecular flexibility index (Phi) is 64.3. The lowest BCUT2D eigenvalue weighted by Crippen LogP contribution is -2.30. The standard InChI is InChI=1S/C75H124O6/c1-4-7-10-13-16-19-22-24-26-28-30-31-32-33-34-35-36-37-38-39-40-41-42-43-44-45-46-48-49-51-53-56-59-62-65-68-74(77)80-71-72(70-79-73(76)67-64-61-58-55-21-18-15-12-9-6-3)81-75(78)69-66-63-60-57-54-52-50-47-29-27-25-23-20-17-14-11-8-5-2/h7,10,12,15-16,19,24,26,30-31,33-34,36-37,39-40,42-43,45-46,49,51,72H,4-6,8-9,11,13-14,17-18,20-23,25,27-29,32,35,38,41,44,47-48,50,52-71H2,1-3H3/b10-7-,15-12-,19-16-,26-24-,31-30-,34-33-,37-36-,40-39-,43-42-,46-45-,51-49-. The van der Waals surface area contributed by atoms with Crippen LogP contribution in [0.3, 0.4) is 0 Å². The fraction of sp³-hybridized carbons (Fsp3) is 0.667. The third-order valence-corrected chi connectivity index (χ3v) is 14.1. The van der Waals surface area contributed by atoms with E-state index in [-0.39, 0.29) is 31.1 Å². The van der Waals surface area contributed by atoms with Gasteiger partial charge in [-0.15, -0.1) is 0 Å². The Morgan fingerprint density at radius 3 is 0.815 bits per heavy atom. The van der Waals surface area contributed by atoms with Crippen molar-refractivity contribution in [1.29, 1.82) is 0 Å². The molecule has 0 N–H and O–H groups in total. The predicted molar refractivity (Wildman–Crippen MR) is 353 cm³/mol. The number of rotatable bonds is 60. The molecule has 0 aromatic carbocycles. The van der Waals surface area contributed by atoms with Gasteiger partial charge in [0.15, 0.2) is 6.10 Å². The number of esters is 3. The summed E-state index contributed by atoms with van der Waals surface area (Å²) in [7, 11) is 0. The SMILES string of the molecule is CC/C=C\C/C=C\C/C=C\C/C=C\C/C=C\C/C=C\C/C=C\C/C=C\C/C=C\C/C=C\CCCCCCC(=O)OCC(COC(=O)CCCCCCC/C=C\CCC)OC(=O)CCCCCCCCCCCCCCCCCCCC. The zero-order valence-electron chi connectivity index (χ0n) is 52.8. The van der Waals surface area contributed by atoms with Crippen LogP contribution in [0.15, 0.2) is 134 Å². The fourth-order valence-electron chi connectivity index (χ4n) is 9.12. The lowest BCUT2D eigenvalue weighted by atomic mass is 10.0. The van der Waals surface area contributed by atoms with Gasteiger partial charge in [0.1, 0.15) is 13.2 Å². The highest BCUT2D eigenvalue weighted by molar-refractivity contribution is 5.71. The summed E-state index contributed by atoms with van der Waals surface area (Å²) < 4.78 is 16.9. The van der Waals surface area contributed by atoms with Crippen LogP contribution in [0.5, 0.6) is 0 Å². The van der Waals surface area contributed by atoms with Crippen LogP contribution in [0.1, 0.15) is 303 Å². The summed E-state index contributed by atoms with van der Waals surface area (Å²) in [5.41, 5.74) is 0. The monoisotopic (exact) mass is 1120 g/mol. The van der Waals surface area contributed by atoms with Crippen molar-refractivity contribution in [1.82, 2.24) is 0 Å². The van der Waals surface area contributed by atoms with Crippen molar-refractivity contribution < 1.29 is 28.6 Å². The van der Waals surface area contributed by atoms with Crippen LogP contribution in [0.25, 0.3) is 0 Å². The van der Waals surface area contributed by atoms with Gasteiger partial charge in [-0.25, -0.2) is 0 Å². The van der Waals surface area contributed by atoms with Gasteiger partial charge in [0.25, 0.3) is 0 Å². The number of allylic oxidation sites excluding steroid dienone is 22. The summed E-state index contributed by atoms with van der Waals surface area (Å²) in [6.45, 7) is 6.45. The third-order valence-electron chi connectivity index (χ3n) is 14.1. The molecule has 460 valence electrons. The van der Waals surface area contributed by atoms with E-state index in [4.69, 9.17) is 14.2 Å². The molecule has 0 aromatic heterocycles. The average Bonchev–Trinajstić information content (AvgIpc) is 3.47. The van der Waals surface area contributed by atoms with Gasteiger partial charge in [0.2, 0.25) is 0 Å². The van der Waals surface area contributed by atoms with Crippen LogP contribution in [-0.4, -0.2) is 37.2 Å². The van der Waals surface area contributed by atoms with Gasteiger partial charge in [-0.3, -0.25) is 14.4 Å². The van der Waals surface area contributed by atoms with E-state index in [1.807, 2.05) is 0 Å². The van der Waals surface area contributed by atoms with Crippen LogP contribution < -0.4 is 0 Å². The highest BCUT2D eigenvalue weighted by Gasteiger charge is 2.19. The van der Waals surface area contributed by atoms with Crippen LogP contribution in [-0.2, 0) is 28.6 Å². The summed E-state index contributed by atoms with van der Waals surface area (Å²) in [6, 6.07) is 0. The van der Waals surface area contributed by atoms with Gasteiger partial charge in [-0.05, 0) is 116 Å². The molecule has 6 nitrogen and oxygen atoms in total. The van der Waals surface area contributed by atoms with Crippen molar-refractivity contribution >= 4 is 17.9 Å². The minimum atomic E-state index is -0.794. The Labute approximate surface area is 500 Å². The maximum absolute atomic E-state index is 12.9. The second-order valence-electron chi connectivity index (χ2n) is 22.0. The smallest absolute Gasteiger partial charge is 0.306 e. The number of ether oxygens (including phenoxy) is 3. The normalized spacial score (nSPS) is 13.0. The van der Waals surface area contributed by atoms with Crippen LogP contribution in [0.2, 0.25) is 0 Å². The van der Waals surface area contributed by atoms with Crippen LogP contribution >= 0.6 is 0 Å². The number of unbranched alkanes of at least 4 members (excludes halogenated alkanes) is 27. The molecule has 0 aliphatic rings. The van der Waals surface area contributed by atoms with E-state index >= 15 is 0 Å². The van der Waals surface area contributed by atoms with E-state index in [1.54, 1.807) is 0 Å². The molecule has 81 heavy (non-hydrogen) atoms. The van der Waals surface area contributed by atoms with Gasteiger partial charge < -0.3 is 14.2 Å². The molecule has 0 bridgehead atoms. The molecule has 1 atom stereocenters. The Morgan fingerprint density at radius 2 is 0.506 bits per heavy atom. The molecule has 6 heteroatoms. The zero-order valence-corrected chi connectivity index (χ0v) is 52.8.